The second-order valence-electron chi connectivity index (χ2n) is 4.70. The van der Waals surface area contributed by atoms with Gasteiger partial charge >= 0.3 is 0 Å². The van der Waals surface area contributed by atoms with Crippen LogP contribution in [0.2, 0.25) is 0 Å². The van der Waals surface area contributed by atoms with Crippen molar-refractivity contribution in [3.05, 3.63) is 0 Å². The normalized spacial score (nSPS) is 26.6. The van der Waals surface area contributed by atoms with E-state index in [0.29, 0.717) is 11.6 Å². The fourth-order valence-corrected chi connectivity index (χ4v) is 3.06. The number of halogens is 2. The Hall–Kier alpha value is 0.460. The smallest absolute Gasteiger partial charge is 0.0594 e. The molecule has 0 radical (unpaired) electrons. The summed E-state index contributed by atoms with van der Waals surface area (Å²) in [4.78, 5) is 2.58. The highest BCUT2D eigenvalue weighted by atomic mass is 35.5. The first kappa shape index (κ1) is 16.5. The van der Waals surface area contributed by atoms with Gasteiger partial charge in [-0.3, -0.25) is 4.90 Å². The molecule has 2 fully saturated rings. The maximum Gasteiger partial charge on any atom is 0.0594 e. The highest BCUT2D eigenvalue weighted by Gasteiger charge is 2.42. The molecule has 0 spiro atoms. The van der Waals surface area contributed by atoms with Gasteiger partial charge in [-0.05, 0) is 19.8 Å². The lowest BCUT2D eigenvalue weighted by Crippen LogP contribution is -2.60. The molecule has 2 aliphatic rings. The van der Waals surface area contributed by atoms with Crippen molar-refractivity contribution in [1.82, 2.24) is 4.90 Å². The molecule has 0 bridgehead atoms. The molecule has 1 atom stereocenters. The summed E-state index contributed by atoms with van der Waals surface area (Å²) in [6, 6.07) is 0.295. The molecule has 0 aromatic rings. The highest BCUT2D eigenvalue weighted by molar-refractivity contribution is 5.85. The van der Waals surface area contributed by atoms with E-state index in [1.807, 2.05) is 0 Å². The maximum absolute atomic E-state index is 6.18. The molecule has 0 aromatic carbocycles. The van der Waals surface area contributed by atoms with Crippen molar-refractivity contribution in [2.75, 3.05) is 26.3 Å². The molecule has 2 rings (SSSR count). The SMILES string of the molecule is CC(N)C1(N2CCOCC2)CCCC1.Cl.Cl. The van der Waals surface area contributed by atoms with Gasteiger partial charge < -0.3 is 10.5 Å². The van der Waals surface area contributed by atoms with Gasteiger partial charge in [0.1, 0.15) is 0 Å². The van der Waals surface area contributed by atoms with Crippen molar-refractivity contribution in [1.29, 1.82) is 0 Å². The Balaban J connectivity index is 0.00000112. The van der Waals surface area contributed by atoms with Crippen LogP contribution in [0.15, 0.2) is 0 Å². The first-order valence-corrected chi connectivity index (χ1v) is 5.84. The van der Waals surface area contributed by atoms with Gasteiger partial charge in [-0.2, -0.15) is 0 Å². The van der Waals surface area contributed by atoms with E-state index in [2.05, 4.69) is 11.8 Å². The zero-order valence-electron chi connectivity index (χ0n) is 9.98. The molecule has 98 valence electrons. The standard InChI is InChI=1S/C11H22N2O.2ClH/c1-10(12)11(4-2-3-5-11)13-6-8-14-9-7-13;;/h10H,2-9,12H2,1H3;2*1H. The monoisotopic (exact) mass is 270 g/mol. The fourth-order valence-electron chi connectivity index (χ4n) is 3.06. The zero-order chi connectivity index (χ0) is 10.0. The Morgan fingerprint density at radius 3 is 2.06 bits per heavy atom. The summed E-state index contributed by atoms with van der Waals surface area (Å²) in [5.41, 5.74) is 6.48. The van der Waals surface area contributed by atoms with Crippen LogP contribution in [0.4, 0.5) is 0 Å². The molecule has 16 heavy (non-hydrogen) atoms. The van der Waals surface area contributed by atoms with Crippen molar-refractivity contribution in [3.8, 4) is 0 Å². The van der Waals surface area contributed by atoms with E-state index >= 15 is 0 Å². The largest absolute Gasteiger partial charge is 0.379 e. The van der Waals surface area contributed by atoms with Gasteiger partial charge in [0.2, 0.25) is 0 Å². The molecule has 1 unspecified atom stereocenters. The lowest BCUT2D eigenvalue weighted by Gasteiger charge is -2.46. The average Bonchev–Trinajstić information content (AvgIpc) is 2.69. The molecule has 5 heteroatoms. The van der Waals surface area contributed by atoms with Crippen molar-refractivity contribution in [3.63, 3.8) is 0 Å². The van der Waals surface area contributed by atoms with Gasteiger partial charge in [0, 0.05) is 24.7 Å². The molecule has 1 aliphatic carbocycles. The van der Waals surface area contributed by atoms with E-state index in [-0.39, 0.29) is 24.8 Å². The van der Waals surface area contributed by atoms with Crippen LogP contribution in [0, 0.1) is 0 Å². The Bertz CT molecular complexity index is 190. The van der Waals surface area contributed by atoms with Crippen molar-refractivity contribution < 1.29 is 4.74 Å². The number of nitrogens with two attached hydrogens (primary N) is 1. The summed E-state index contributed by atoms with van der Waals surface area (Å²) in [6.45, 7) is 6.08. The minimum atomic E-state index is 0. The molecule has 1 aliphatic heterocycles. The molecule has 0 amide bonds. The lowest BCUT2D eigenvalue weighted by molar-refractivity contribution is -0.0284. The van der Waals surface area contributed by atoms with E-state index in [0.717, 1.165) is 26.3 Å². The van der Waals surface area contributed by atoms with Crippen LogP contribution in [0.1, 0.15) is 32.6 Å². The summed E-state index contributed by atoms with van der Waals surface area (Å²) in [7, 11) is 0. The number of hydrogen-bond donors (Lipinski definition) is 1. The van der Waals surface area contributed by atoms with Crippen LogP contribution in [0.3, 0.4) is 0 Å². The minimum Gasteiger partial charge on any atom is -0.379 e. The van der Waals surface area contributed by atoms with Crippen LogP contribution >= 0.6 is 24.8 Å². The summed E-state index contributed by atoms with van der Waals surface area (Å²) < 4.78 is 5.40. The molecular formula is C11H24Cl2N2O. The maximum atomic E-state index is 6.18. The average molecular weight is 271 g/mol. The molecule has 1 saturated heterocycles. The summed E-state index contributed by atoms with van der Waals surface area (Å²) >= 11 is 0. The van der Waals surface area contributed by atoms with Crippen molar-refractivity contribution >= 4 is 24.8 Å². The van der Waals surface area contributed by atoms with Crippen molar-refractivity contribution in [2.24, 2.45) is 5.73 Å². The fraction of sp³-hybridized carbons (Fsp3) is 1.00. The van der Waals surface area contributed by atoms with Crippen LogP contribution in [-0.4, -0.2) is 42.8 Å². The van der Waals surface area contributed by atoms with Crippen LogP contribution in [0.25, 0.3) is 0 Å². The van der Waals surface area contributed by atoms with E-state index in [1.54, 1.807) is 0 Å². The van der Waals surface area contributed by atoms with Gasteiger partial charge in [-0.15, -0.1) is 24.8 Å². The molecule has 1 saturated carbocycles. The highest BCUT2D eigenvalue weighted by Crippen LogP contribution is 2.37. The van der Waals surface area contributed by atoms with Crippen LogP contribution in [0.5, 0.6) is 0 Å². The molecular weight excluding hydrogens is 247 g/mol. The number of nitrogens with zero attached hydrogens (tertiary/aromatic N) is 1. The van der Waals surface area contributed by atoms with E-state index in [1.165, 1.54) is 25.7 Å². The Morgan fingerprint density at radius 2 is 1.62 bits per heavy atom. The first-order chi connectivity index (χ1) is 6.76. The van der Waals surface area contributed by atoms with Gasteiger partial charge in [0.15, 0.2) is 0 Å². The van der Waals surface area contributed by atoms with Crippen LogP contribution in [-0.2, 0) is 4.74 Å². The predicted octanol–water partition coefficient (Wildman–Crippen LogP) is 1.82. The van der Waals surface area contributed by atoms with Gasteiger partial charge in [-0.1, -0.05) is 12.8 Å². The second-order valence-corrected chi connectivity index (χ2v) is 4.70. The third kappa shape index (κ3) is 3.02. The quantitative estimate of drug-likeness (QED) is 0.832. The summed E-state index contributed by atoms with van der Waals surface area (Å²) in [5.74, 6) is 0. The number of hydrogen-bond acceptors (Lipinski definition) is 3. The summed E-state index contributed by atoms with van der Waals surface area (Å²) in [6.07, 6.45) is 5.26. The number of ether oxygens (including phenoxy) is 1. The van der Waals surface area contributed by atoms with E-state index < -0.39 is 0 Å². The Kier molecular flexibility index (Phi) is 7.22. The van der Waals surface area contributed by atoms with Crippen LogP contribution < -0.4 is 5.73 Å². The first-order valence-electron chi connectivity index (χ1n) is 5.84. The predicted molar refractivity (Wildman–Crippen MR) is 71.7 cm³/mol. The van der Waals surface area contributed by atoms with E-state index in [9.17, 15) is 0 Å². The lowest BCUT2D eigenvalue weighted by atomic mass is 9.87. The van der Waals surface area contributed by atoms with Gasteiger partial charge in [0.25, 0.3) is 0 Å². The Labute approximate surface area is 111 Å². The van der Waals surface area contributed by atoms with E-state index in [4.69, 9.17) is 10.5 Å². The number of morpholine rings is 1. The minimum absolute atomic E-state index is 0. The van der Waals surface area contributed by atoms with Gasteiger partial charge in [-0.25, -0.2) is 0 Å². The zero-order valence-corrected chi connectivity index (χ0v) is 11.6. The second kappa shape index (κ2) is 7.02. The number of rotatable bonds is 2. The molecule has 2 N–H and O–H groups in total. The summed E-state index contributed by atoms with van der Waals surface area (Å²) in [5, 5.41) is 0. The molecule has 3 nitrogen and oxygen atoms in total. The third-order valence-electron chi connectivity index (χ3n) is 3.96. The van der Waals surface area contributed by atoms with Gasteiger partial charge in [0.05, 0.1) is 13.2 Å². The van der Waals surface area contributed by atoms with Crippen molar-refractivity contribution in [2.45, 2.75) is 44.2 Å². The molecule has 0 aromatic heterocycles. The topological polar surface area (TPSA) is 38.5 Å². The third-order valence-corrected chi connectivity index (χ3v) is 3.96. The molecule has 1 heterocycles. The Morgan fingerprint density at radius 1 is 1.12 bits per heavy atom.